The second kappa shape index (κ2) is 4.43. The molecule has 1 aromatic carbocycles. The molecule has 1 rings (SSSR count). The standard InChI is InChI=1S/C10H14BrOP/c1-13(2,12)8-10-5-3-4-9(6-10)7-11/h3-6H,7-8H2,1-2H3. The van der Waals surface area contributed by atoms with Crippen LogP contribution in [0.2, 0.25) is 0 Å². The Morgan fingerprint density at radius 1 is 1.31 bits per heavy atom. The van der Waals surface area contributed by atoms with Gasteiger partial charge < -0.3 is 4.57 Å². The minimum Gasteiger partial charge on any atom is -0.324 e. The van der Waals surface area contributed by atoms with Crippen LogP contribution in [-0.2, 0) is 16.1 Å². The van der Waals surface area contributed by atoms with Gasteiger partial charge in [-0.05, 0) is 24.5 Å². The second-order valence-electron chi connectivity index (χ2n) is 3.69. The van der Waals surface area contributed by atoms with Crippen LogP contribution in [-0.4, -0.2) is 13.3 Å². The van der Waals surface area contributed by atoms with E-state index in [1.807, 2.05) is 25.5 Å². The summed E-state index contributed by atoms with van der Waals surface area (Å²) in [5.41, 5.74) is 2.41. The fraction of sp³-hybridized carbons (Fsp3) is 0.400. The van der Waals surface area contributed by atoms with Gasteiger partial charge in [0.15, 0.2) is 0 Å². The van der Waals surface area contributed by atoms with Crippen molar-refractivity contribution in [2.45, 2.75) is 11.5 Å². The van der Waals surface area contributed by atoms with Crippen molar-refractivity contribution in [1.82, 2.24) is 0 Å². The van der Waals surface area contributed by atoms with Crippen molar-refractivity contribution in [1.29, 1.82) is 0 Å². The Balaban J connectivity index is 2.84. The van der Waals surface area contributed by atoms with Gasteiger partial charge in [-0.1, -0.05) is 40.2 Å². The van der Waals surface area contributed by atoms with E-state index >= 15 is 0 Å². The zero-order chi connectivity index (χ0) is 9.90. The first kappa shape index (κ1) is 11.0. The number of halogens is 1. The smallest absolute Gasteiger partial charge is 0.0861 e. The Morgan fingerprint density at radius 2 is 1.92 bits per heavy atom. The summed E-state index contributed by atoms with van der Waals surface area (Å²) in [5.74, 6) is 0. The highest BCUT2D eigenvalue weighted by molar-refractivity contribution is 9.08. The minimum absolute atomic E-state index is 0.702. The molecule has 0 aliphatic carbocycles. The van der Waals surface area contributed by atoms with E-state index in [1.54, 1.807) is 0 Å². The molecule has 0 aliphatic heterocycles. The van der Waals surface area contributed by atoms with Crippen LogP contribution in [0.3, 0.4) is 0 Å². The second-order valence-corrected chi connectivity index (χ2v) is 7.71. The van der Waals surface area contributed by atoms with E-state index in [9.17, 15) is 4.57 Å². The SMILES string of the molecule is CP(C)(=O)Cc1cccc(CBr)c1. The van der Waals surface area contributed by atoms with Gasteiger partial charge in [-0.2, -0.15) is 0 Å². The molecular formula is C10H14BrOP. The predicted molar refractivity (Wildman–Crippen MR) is 62.2 cm³/mol. The predicted octanol–water partition coefficient (Wildman–Crippen LogP) is 3.70. The number of hydrogen-bond acceptors (Lipinski definition) is 1. The van der Waals surface area contributed by atoms with E-state index in [0.29, 0.717) is 6.16 Å². The largest absolute Gasteiger partial charge is 0.324 e. The number of benzene rings is 1. The van der Waals surface area contributed by atoms with Crippen LogP contribution in [0.5, 0.6) is 0 Å². The molecule has 0 bridgehead atoms. The first-order chi connectivity index (χ1) is 6.01. The molecule has 0 radical (unpaired) electrons. The molecule has 72 valence electrons. The number of alkyl halides is 1. The molecule has 0 amide bonds. The van der Waals surface area contributed by atoms with Crippen LogP contribution in [0.15, 0.2) is 24.3 Å². The van der Waals surface area contributed by atoms with E-state index in [1.165, 1.54) is 11.1 Å². The summed E-state index contributed by atoms with van der Waals surface area (Å²) in [6.45, 7) is 3.65. The zero-order valence-electron chi connectivity index (χ0n) is 7.96. The maximum absolute atomic E-state index is 11.6. The summed E-state index contributed by atoms with van der Waals surface area (Å²) < 4.78 is 11.6. The minimum atomic E-state index is -1.93. The highest BCUT2D eigenvalue weighted by Gasteiger charge is 2.08. The van der Waals surface area contributed by atoms with Crippen LogP contribution < -0.4 is 0 Å². The molecular weight excluding hydrogens is 247 g/mol. The molecule has 0 aliphatic rings. The van der Waals surface area contributed by atoms with E-state index in [-0.39, 0.29) is 0 Å². The van der Waals surface area contributed by atoms with Crippen molar-refractivity contribution in [2.75, 3.05) is 13.3 Å². The molecule has 1 aromatic rings. The summed E-state index contributed by atoms with van der Waals surface area (Å²) in [6.07, 6.45) is 0.702. The van der Waals surface area contributed by atoms with E-state index < -0.39 is 7.14 Å². The maximum atomic E-state index is 11.6. The molecule has 3 heteroatoms. The molecule has 13 heavy (non-hydrogen) atoms. The van der Waals surface area contributed by atoms with Crippen LogP contribution in [0.1, 0.15) is 11.1 Å². The van der Waals surface area contributed by atoms with Crippen molar-refractivity contribution in [2.24, 2.45) is 0 Å². The van der Waals surface area contributed by atoms with Crippen LogP contribution in [0, 0.1) is 0 Å². The van der Waals surface area contributed by atoms with E-state index in [2.05, 4.69) is 28.1 Å². The highest BCUT2D eigenvalue weighted by Crippen LogP contribution is 2.40. The molecule has 0 saturated carbocycles. The fourth-order valence-corrected chi connectivity index (χ4v) is 2.68. The molecule has 0 saturated heterocycles. The quantitative estimate of drug-likeness (QED) is 0.598. The lowest BCUT2D eigenvalue weighted by atomic mass is 10.2. The number of hydrogen-bond donors (Lipinski definition) is 0. The molecule has 0 fully saturated rings. The summed E-state index contributed by atoms with van der Waals surface area (Å²) in [6, 6.07) is 8.22. The first-order valence-electron chi connectivity index (χ1n) is 4.19. The van der Waals surface area contributed by atoms with Crippen LogP contribution in [0.25, 0.3) is 0 Å². The van der Waals surface area contributed by atoms with Gasteiger partial charge in [0, 0.05) is 11.5 Å². The van der Waals surface area contributed by atoms with Crippen molar-refractivity contribution in [3.63, 3.8) is 0 Å². The molecule has 0 heterocycles. The summed E-state index contributed by atoms with van der Waals surface area (Å²) in [4.78, 5) is 0. The lowest BCUT2D eigenvalue weighted by Crippen LogP contribution is -1.87. The van der Waals surface area contributed by atoms with Crippen LogP contribution in [0.4, 0.5) is 0 Å². The molecule has 0 atom stereocenters. The van der Waals surface area contributed by atoms with Gasteiger partial charge >= 0.3 is 0 Å². The third-order valence-corrected chi connectivity index (χ3v) is 3.48. The topological polar surface area (TPSA) is 17.1 Å². The van der Waals surface area contributed by atoms with Gasteiger partial charge in [-0.3, -0.25) is 0 Å². The van der Waals surface area contributed by atoms with Crippen molar-refractivity contribution >= 4 is 23.1 Å². The van der Waals surface area contributed by atoms with Crippen molar-refractivity contribution in [3.05, 3.63) is 35.4 Å². The Kier molecular flexibility index (Phi) is 3.75. The zero-order valence-corrected chi connectivity index (χ0v) is 10.4. The molecule has 0 N–H and O–H groups in total. The molecule has 0 spiro atoms. The number of rotatable bonds is 3. The summed E-state index contributed by atoms with van der Waals surface area (Å²) in [5, 5.41) is 0.860. The van der Waals surface area contributed by atoms with Crippen molar-refractivity contribution in [3.8, 4) is 0 Å². The van der Waals surface area contributed by atoms with E-state index in [4.69, 9.17) is 0 Å². The lowest BCUT2D eigenvalue weighted by Gasteiger charge is -2.07. The van der Waals surface area contributed by atoms with Gasteiger partial charge in [-0.25, -0.2) is 0 Å². The maximum Gasteiger partial charge on any atom is 0.0861 e. The van der Waals surface area contributed by atoms with Gasteiger partial charge in [0.2, 0.25) is 0 Å². The normalized spacial score (nSPS) is 11.6. The van der Waals surface area contributed by atoms with Crippen molar-refractivity contribution < 1.29 is 4.57 Å². The fourth-order valence-electron chi connectivity index (χ4n) is 1.25. The third-order valence-electron chi connectivity index (χ3n) is 1.71. The molecule has 0 aromatic heterocycles. The average molecular weight is 261 g/mol. The van der Waals surface area contributed by atoms with Crippen LogP contribution >= 0.6 is 23.1 Å². The van der Waals surface area contributed by atoms with Gasteiger partial charge in [-0.15, -0.1) is 0 Å². The van der Waals surface area contributed by atoms with Gasteiger partial charge in [0.05, 0.1) is 7.14 Å². The van der Waals surface area contributed by atoms with Gasteiger partial charge in [0.25, 0.3) is 0 Å². The molecule has 1 nitrogen and oxygen atoms in total. The Labute approximate surface area is 88.0 Å². The first-order valence-corrected chi connectivity index (χ1v) is 8.10. The third kappa shape index (κ3) is 4.10. The Hall–Kier alpha value is -0.0700. The summed E-state index contributed by atoms with van der Waals surface area (Å²) >= 11 is 3.40. The molecule has 0 unspecified atom stereocenters. The monoisotopic (exact) mass is 260 g/mol. The van der Waals surface area contributed by atoms with Gasteiger partial charge in [0.1, 0.15) is 0 Å². The Morgan fingerprint density at radius 3 is 2.46 bits per heavy atom. The van der Waals surface area contributed by atoms with E-state index in [0.717, 1.165) is 5.33 Å². The average Bonchev–Trinajstić information content (AvgIpc) is 2.01. The lowest BCUT2D eigenvalue weighted by molar-refractivity contribution is 0.582. The summed E-state index contributed by atoms with van der Waals surface area (Å²) in [7, 11) is -1.93. The highest BCUT2D eigenvalue weighted by atomic mass is 79.9. The Bertz CT molecular complexity index is 329.